The van der Waals surface area contributed by atoms with Crippen LogP contribution >= 0.6 is 0 Å². The number of ether oxygens (including phenoxy) is 1. The highest BCUT2D eigenvalue weighted by atomic mass is 16.5. The summed E-state index contributed by atoms with van der Waals surface area (Å²) in [7, 11) is 4.13. The van der Waals surface area contributed by atoms with Gasteiger partial charge in [0, 0.05) is 6.54 Å². The van der Waals surface area contributed by atoms with Crippen molar-refractivity contribution in [2.24, 2.45) is 0 Å². The number of rotatable bonds is 5. The van der Waals surface area contributed by atoms with Crippen LogP contribution in [-0.4, -0.2) is 37.3 Å². The topological polar surface area (TPSA) is 32.7 Å². The normalized spacial score (nSPS) is 18.5. The minimum absolute atomic E-state index is 0.271. The molecule has 0 aliphatic heterocycles. The maximum atomic E-state index is 9.70. The number of aryl methyl sites for hydroxylation is 1. The summed E-state index contributed by atoms with van der Waals surface area (Å²) in [5, 5.41) is 9.70. The first-order valence-corrected chi connectivity index (χ1v) is 6.25. The third-order valence-corrected chi connectivity index (χ3v) is 3.18. The summed E-state index contributed by atoms with van der Waals surface area (Å²) in [6.45, 7) is 1.79. The SMILES string of the molecule is CN(C)CCCOc1ccc2c(c1)CC[C@@H]2O. The van der Waals surface area contributed by atoms with Crippen LogP contribution in [0.15, 0.2) is 18.2 Å². The molecule has 0 heterocycles. The zero-order valence-corrected chi connectivity index (χ0v) is 10.6. The third kappa shape index (κ3) is 3.20. The molecular formula is C14H21NO2. The molecule has 0 bridgehead atoms. The summed E-state index contributed by atoms with van der Waals surface area (Å²) in [4.78, 5) is 2.16. The minimum atomic E-state index is -0.271. The molecule has 0 fully saturated rings. The van der Waals surface area contributed by atoms with Crippen LogP contribution in [0.5, 0.6) is 5.75 Å². The van der Waals surface area contributed by atoms with Crippen molar-refractivity contribution in [2.45, 2.75) is 25.4 Å². The molecule has 0 unspecified atom stereocenters. The van der Waals surface area contributed by atoms with Gasteiger partial charge in [0.05, 0.1) is 12.7 Å². The summed E-state index contributed by atoms with van der Waals surface area (Å²) in [6.07, 6.45) is 2.57. The van der Waals surface area contributed by atoms with Gasteiger partial charge in [0.1, 0.15) is 5.75 Å². The van der Waals surface area contributed by atoms with Gasteiger partial charge in [-0.1, -0.05) is 6.07 Å². The Morgan fingerprint density at radius 1 is 1.41 bits per heavy atom. The van der Waals surface area contributed by atoms with Crippen LogP contribution in [0.1, 0.15) is 30.1 Å². The number of benzene rings is 1. The van der Waals surface area contributed by atoms with E-state index in [9.17, 15) is 5.11 Å². The molecule has 1 aromatic carbocycles. The van der Waals surface area contributed by atoms with Crippen molar-refractivity contribution in [1.29, 1.82) is 0 Å². The van der Waals surface area contributed by atoms with E-state index in [-0.39, 0.29) is 6.10 Å². The number of fused-ring (bicyclic) bond motifs is 1. The van der Waals surface area contributed by atoms with Gasteiger partial charge < -0.3 is 14.7 Å². The zero-order valence-electron chi connectivity index (χ0n) is 10.6. The van der Waals surface area contributed by atoms with Crippen LogP contribution in [0.3, 0.4) is 0 Å². The molecule has 3 heteroatoms. The zero-order chi connectivity index (χ0) is 12.3. The molecule has 0 aromatic heterocycles. The Morgan fingerprint density at radius 2 is 2.24 bits per heavy atom. The van der Waals surface area contributed by atoms with E-state index in [4.69, 9.17) is 4.74 Å². The van der Waals surface area contributed by atoms with Crippen molar-refractivity contribution in [3.63, 3.8) is 0 Å². The van der Waals surface area contributed by atoms with Crippen molar-refractivity contribution in [3.8, 4) is 5.75 Å². The Bertz CT molecular complexity index is 376. The fourth-order valence-electron chi connectivity index (χ4n) is 2.23. The van der Waals surface area contributed by atoms with E-state index in [1.807, 2.05) is 12.1 Å². The van der Waals surface area contributed by atoms with Gasteiger partial charge in [-0.15, -0.1) is 0 Å². The minimum Gasteiger partial charge on any atom is -0.494 e. The summed E-state index contributed by atoms with van der Waals surface area (Å²) in [6, 6.07) is 6.03. The molecule has 1 aromatic rings. The van der Waals surface area contributed by atoms with E-state index >= 15 is 0 Å². The van der Waals surface area contributed by atoms with Gasteiger partial charge in [0.15, 0.2) is 0 Å². The molecule has 1 aliphatic rings. The largest absolute Gasteiger partial charge is 0.494 e. The first-order valence-electron chi connectivity index (χ1n) is 6.25. The molecular weight excluding hydrogens is 214 g/mol. The Hall–Kier alpha value is -1.06. The molecule has 94 valence electrons. The third-order valence-electron chi connectivity index (χ3n) is 3.18. The lowest BCUT2D eigenvalue weighted by Gasteiger charge is -2.11. The average molecular weight is 235 g/mol. The number of hydrogen-bond acceptors (Lipinski definition) is 3. The van der Waals surface area contributed by atoms with Crippen molar-refractivity contribution < 1.29 is 9.84 Å². The predicted octanol–water partition coefficient (Wildman–Crippen LogP) is 2.00. The Morgan fingerprint density at radius 3 is 3.00 bits per heavy atom. The van der Waals surface area contributed by atoms with Crippen molar-refractivity contribution in [1.82, 2.24) is 4.90 Å². The van der Waals surface area contributed by atoms with E-state index < -0.39 is 0 Å². The van der Waals surface area contributed by atoms with Gasteiger partial charge >= 0.3 is 0 Å². The Balaban J connectivity index is 1.86. The van der Waals surface area contributed by atoms with E-state index in [0.29, 0.717) is 0 Å². The average Bonchev–Trinajstić information content (AvgIpc) is 2.66. The lowest BCUT2D eigenvalue weighted by atomic mass is 10.1. The number of hydrogen-bond donors (Lipinski definition) is 1. The molecule has 1 atom stereocenters. The summed E-state index contributed by atoms with van der Waals surface area (Å²) >= 11 is 0. The monoisotopic (exact) mass is 235 g/mol. The summed E-state index contributed by atoms with van der Waals surface area (Å²) < 4.78 is 5.71. The molecule has 0 radical (unpaired) electrons. The summed E-state index contributed by atoms with van der Waals surface area (Å²) in [5.41, 5.74) is 2.31. The fraction of sp³-hybridized carbons (Fsp3) is 0.571. The maximum absolute atomic E-state index is 9.70. The van der Waals surface area contributed by atoms with E-state index in [1.54, 1.807) is 0 Å². The van der Waals surface area contributed by atoms with Gasteiger partial charge in [-0.2, -0.15) is 0 Å². The second kappa shape index (κ2) is 5.52. The summed E-state index contributed by atoms with van der Waals surface area (Å²) in [5.74, 6) is 0.927. The fourth-order valence-corrected chi connectivity index (χ4v) is 2.23. The van der Waals surface area contributed by atoms with Crippen LogP contribution < -0.4 is 4.74 Å². The van der Waals surface area contributed by atoms with E-state index in [2.05, 4.69) is 25.1 Å². The van der Waals surface area contributed by atoms with Gasteiger partial charge in [0.25, 0.3) is 0 Å². The second-order valence-corrected chi connectivity index (χ2v) is 4.92. The predicted molar refractivity (Wildman–Crippen MR) is 68.4 cm³/mol. The van der Waals surface area contributed by atoms with Gasteiger partial charge in [-0.05, 0) is 56.6 Å². The lowest BCUT2D eigenvalue weighted by molar-refractivity contribution is 0.180. The number of aliphatic hydroxyl groups excluding tert-OH is 1. The van der Waals surface area contributed by atoms with Crippen molar-refractivity contribution in [3.05, 3.63) is 29.3 Å². The van der Waals surface area contributed by atoms with E-state index in [1.165, 1.54) is 5.56 Å². The standard InChI is InChI=1S/C14H21NO2/c1-15(2)8-3-9-17-12-5-6-13-11(10-12)4-7-14(13)16/h5-6,10,14,16H,3-4,7-9H2,1-2H3/t14-/m0/s1. The highest BCUT2D eigenvalue weighted by Gasteiger charge is 2.20. The Kier molecular flexibility index (Phi) is 4.02. The molecule has 3 nitrogen and oxygen atoms in total. The molecule has 17 heavy (non-hydrogen) atoms. The smallest absolute Gasteiger partial charge is 0.119 e. The first-order chi connectivity index (χ1) is 8.16. The number of aliphatic hydroxyl groups is 1. The van der Waals surface area contributed by atoms with E-state index in [0.717, 1.165) is 43.7 Å². The Labute approximate surface area is 103 Å². The molecule has 1 aliphatic carbocycles. The second-order valence-electron chi connectivity index (χ2n) is 4.92. The van der Waals surface area contributed by atoms with Crippen molar-refractivity contribution >= 4 is 0 Å². The lowest BCUT2D eigenvalue weighted by Crippen LogP contribution is -2.15. The first kappa shape index (κ1) is 12.4. The van der Waals surface area contributed by atoms with Crippen molar-refractivity contribution in [2.75, 3.05) is 27.2 Å². The van der Waals surface area contributed by atoms with Gasteiger partial charge in [0.2, 0.25) is 0 Å². The molecule has 0 amide bonds. The van der Waals surface area contributed by atoms with Crippen LogP contribution in [0, 0.1) is 0 Å². The molecule has 0 spiro atoms. The molecule has 0 saturated heterocycles. The quantitative estimate of drug-likeness (QED) is 0.792. The van der Waals surface area contributed by atoms with Crippen LogP contribution in [0.25, 0.3) is 0 Å². The maximum Gasteiger partial charge on any atom is 0.119 e. The van der Waals surface area contributed by atoms with Gasteiger partial charge in [-0.3, -0.25) is 0 Å². The number of nitrogens with zero attached hydrogens (tertiary/aromatic N) is 1. The molecule has 0 saturated carbocycles. The highest BCUT2D eigenvalue weighted by molar-refractivity contribution is 5.39. The van der Waals surface area contributed by atoms with Crippen LogP contribution in [-0.2, 0) is 6.42 Å². The molecule has 2 rings (SSSR count). The molecule has 1 N–H and O–H groups in total. The van der Waals surface area contributed by atoms with Crippen LogP contribution in [0.2, 0.25) is 0 Å². The highest BCUT2D eigenvalue weighted by Crippen LogP contribution is 2.33. The van der Waals surface area contributed by atoms with Crippen LogP contribution in [0.4, 0.5) is 0 Å². The van der Waals surface area contributed by atoms with Gasteiger partial charge in [-0.25, -0.2) is 0 Å².